The highest BCUT2D eigenvalue weighted by Crippen LogP contribution is 2.27. The summed E-state index contributed by atoms with van der Waals surface area (Å²) in [6, 6.07) is 5.56. The number of alkyl halides is 3. The normalized spacial score (nSPS) is 14.9. The number of fused-ring (bicyclic) bond motifs is 1. The third-order valence-corrected chi connectivity index (χ3v) is 4.41. The molecule has 1 aliphatic rings. The van der Waals surface area contributed by atoms with E-state index in [9.17, 15) is 13.2 Å². The summed E-state index contributed by atoms with van der Waals surface area (Å²) < 4.78 is 39.7. The molecule has 0 unspecified atom stereocenters. The number of hydrogen-bond donors (Lipinski definition) is 1. The molecule has 27 heavy (non-hydrogen) atoms. The van der Waals surface area contributed by atoms with Gasteiger partial charge in [-0.2, -0.15) is 22.7 Å². The molecule has 0 aliphatic carbocycles. The van der Waals surface area contributed by atoms with E-state index in [0.29, 0.717) is 18.1 Å². The molecule has 1 saturated heterocycles. The molecule has 0 radical (unpaired) electrons. The van der Waals surface area contributed by atoms with Crippen LogP contribution in [0.5, 0.6) is 0 Å². The highest BCUT2D eigenvalue weighted by atomic mass is 19.4. The topological polar surface area (TPSA) is 71.2 Å². The maximum absolute atomic E-state index is 12.9. The molecule has 0 atom stereocenters. The first-order chi connectivity index (χ1) is 12.9. The maximum Gasteiger partial charge on any atom is 0.453 e. The Labute approximate surface area is 153 Å². The highest BCUT2D eigenvalue weighted by molar-refractivity contribution is 5.46. The first-order valence-electron chi connectivity index (χ1n) is 8.65. The van der Waals surface area contributed by atoms with Gasteiger partial charge in [0, 0.05) is 37.6 Å². The Morgan fingerprint density at radius 1 is 1.15 bits per heavy atom. The third-order valence-electron chi connectivity index (χ3n) is 4.41. The largest absolute Gasteiger partial charge is 0.453 e. The average Bonchev–Trinajstić information content (AvgIpc) is 3.29. The molecule has 4 rings (SSSR count). The first kappa shape index (κ1) is 17.5. The van der Waals surface area contributed by atoms with Crippen molar-refractivity contribution in [1.82, 2.24) is 24.6 Å². The minimum absolute atomic E-state index is 0.0904. The Hall–Kier alpha value is -2.91. The van der Waals surface area contributed by atoms with E-state index in [1.807, 2.05) is 12.1 Å². The molecule has 0 amide bonds. The highest BCUT2D eigenvalue weighted by Gasteiger charge is 2.36. The van der Waals surface area contributed by atoms with Gasteiger partial charge in [0.05, 0.1) is 0 Å². The van der Waals surface area contributed by atoms with Gasteiger partial charge in [-0.1, -0.05) is 6.07 Å². The molecule has 7 nitrogen and oxygen atoms in total. The molecule has 0 aromatic carbocycles. The van der Waals surface area contributed by atoms with Crippen LogP contribution < -0.4 is 10.2 Å². The lowest BCUT2D eigenvalue weighted by Gasteiger charge is -2.16. The zero-order valence-corrected chi connectivity index (χ0v) is 14.7. The molecule has 1 aliphatic heterocycles. The summed E-state index contributed by atoms with van der Waals surface area (Å²) in [6.07, 6.45) is -0.483. The maximum atomic E-state index is 12.9. The second kappa shape index (κ2) is 6.67. The predicted molar refractivity (Wildman–Crippen MR) is 93.5 cm³/mol. The minimum Gasteiger partial charge on any atom is -0.366 e. The Kier molecular flexibility index (Phi) is 4.33. The Bertz CT molecular complexity index is 944. The van der Waals surface area contributed by atoms with E-state index >= 15 is 0 Å². The van der Waals surface area contributed by atoms with E-state index in [1.165, 1.54) is 12.8 Å². The fourth-order valence-corrected chi connectivity index (χ4v) is 3.08. The van der Waals surface area contributed by atoms with Crippen LogP contribution in [0.2, 0.25) is 0 Å². The van der Waals surface area contributed by atoms with Gasteiger partial charge in [0.1, 0.15) is 11.6 Å². The molecule has 4 heterocycles. The number of aryl methyl sites for hydroxylation is 1. The monoisotopic (exact) mass is 377 g/mol. The van der Waals surface area contributed by atoms with Gasteiger partial charge in [-0.05, 0) is 31.4 Å². The van der Waals surface area contributed by atoms with Crippen molar-refractivity contribution in [3.8, 4) is 0 Å². The van der Waals surface area contributed by atoms with Crippen LogP contribution >= 0.6 is 0 Å². The standard InChI is InChI=1S/C17H18F3N7/c1-11-8-14(27-16(23-11)24-15(25-27)17(18,19)20)22-10-12-4-5-13(21-9-12)26-6-2-3-7-26/h4-5,8-9,22H,2-3,6-7,10H2,1H3. The van der Waals surface area contributed by atoms with Crippen LogP contribution in [-0.2, 0) is 12.7 Å². The summed E-state index contributed by atoms with van der Waals surface area (Å²) in [4.78, 5) is 14.2. The van der Waals surface area contributed by atoms with Crippen molar-refractivity contribution < 1.29 is 13.2 Å². The van der Waals surface area contributed by atoms with Gasteiger partial charge in [0.2, 0.25) is 0 Å². The molecule has 0 saturated carbocycles. The fraction of sp³-hybridized carbons (Fsp3) is 0.412. The SMILES string of the molecule is Cc1cc(NCc2ccc(N3CCCC3)nc2)n2nc(C(F)(F)F)nc2n1. The summed E-state index contributed by atoms with van der Waals surface area (Å²) in [5.74, 6) is 0.0428. The van der Waals surface area contributed by atoms with Gasteiger partial charge in [-0.3, -0.25) is 0 Å². The van der Waals surface area contributed by atoms with Gasteiger partial charge >= 0.3 is 6.18 Å². The van der Waals surface area contributed by atoms with Crippen LogP contribution in [0, 0.1) is 6.92 Å². The molecule has 1 N–H and O–H groups in total. The van der Waals surface area contributed by atoms with Gasteiger partial charge in [-0.25, -0.2) is 9.97 Å². The van der Waals surface area contributed by atoms with E-state index in [0.717, 1.165) is 29.0 Å². The van der Waals surface area contributed by atoms with Crippen LogP contribution in [0.25, 0.3) is 5.78 Å². The molecule has 1 fully saturated rings. The minimum atomic E-state index is -4.62. The number of pyridine rings is 1. The average molecular weight is 377 g/mol. The van der Waals surface area contributed by atoms with Crippen LogP contribution in [0.15, 0.2) is 24.4 Å². The van der Waals surface area contributed by atoms with E-state index in [2.05, 4.69) is 30.3 Å². The number of anilines is 2. The number of nitrogens with one attached hydrogen (secondary N) is 1. The van der Waals surface area contributed by atoms with E-state index in [4.69, 9.17) is 0 Å². The van der Waals surface area contributed by atoms with E-state index in [1.54, 1.807) is 19.2 Å². The van der Waals surface area contributed by atoms with Gasteiger partial charge in [0.25, 0.3) is 11.6 Å². The molecule has 10 heteroatoms. The summed E-state index contributed by atoms with van der Waals surface area (Å²) in [5, 5.41) is 6.64. The molecule has 3 aromatic heterocycles. The van der Waals surface area contributed by atoms with Gasteiger partial charge < -0.3 is 10.2 Å². The number of aromatic nitrogens is 5. The van der Waals surface area contributed by atoms with Crippen molar-refractivity contribution in [3.63, 3.8) is 0 Å². The van der Waals surface area contributed by atoms with Crippen molar-refractivity contribution in [3.05, 3.63) is 41.5 Å². The Balaban J connectivity index is 1.53. The van der Waals surface area contributed by atoms with Crippen LogP contribution in [-0.4, -0.2) is 37.7 Å². The number of rotatable bonds is 4. The van der Waals surface area contributed by atoms with Crippen LogP contribution in [0.1, 0.15) is 29.9 Å². The van der Waals surface area contributed by atoms with Crippen molar-refractivity contribution in [2.24, 2.45) is 0 Å². The van der Waals surface area contributed by atoms with E-state index in [-0.39, 0.29) is 5.78 Å². The van der Waals surface area contributed by atoms with Crippen LogP contribution in [0.3, 0.4) is 0 Å². The zero-order chi connectivity index (χ0) is 19.0. The lowest BCUT2D eigenvalue weighted by Crippen LogP contribution is -2.18. The lowest BCUT2D eigenvalue weighted by atomic mass is 10.2. The lowest BCUT2D eigenvalue weighted by molar-refractivity contribution is -0.144. The quantitative estimate of drug-likeness (QED) is 0.754. The number of hydrogen-bond acceptors (Lipinski definition) is 6. The second-order valence-corrected chi connectivity index (χ2v) is 6.50. The molecule has 142 valence electrons. The van der Waals surface area contributed by atoms with Gasteiger partial charge in [-0.15, -0.1) is 5.10 Å². The molecular formula is C17H18F3N7. The van der Waals surface area contributed by atoms with Crippen molar-refractivity contribution in [2.45, 2.75) is 32.5 Å². The first-order valence-corrected chi connectivity index (χ1v) is 8.65. The summed E-state index contributed by atoms with van der Waals surface area (Å²) >= 11 is 0. The predicted octanol–water partition coefficient (Wildman–Crippen LogP) is 3.06. The van der Waals surface area contributed by atoms with Crippen LogP contribution in [0.4, 0.5) is 24.8 Å². The molecule has 0 bridgehead atoms. The Morgan fingerprint density at radius 2 is 1.93 bits per heavy atom. The van der Waals surface area contributed by atoms with Crippen molar-refractivity contribution in [2.75, 3.05) is 23.3 Å². The summed E-state index contributed by atoms with van der Waals surface area (Å²) in [7, 11) is 0. The molecular weight excluding hydrogens is 359 g/mol. The Morgan fingerprint density at radius 3 is 2.59 bits per heavy atom. The smallest absolute Gasteiger partial charge is 0.366 e. The fourth-order valence-electron chi connectivity index (χ4n) is 3.08. The summed E-state index contributed by atoms with van der Waals surface area (Å²) in [5.41, 5.74) is 1.46. The molecule has 3 aromatic rings. The van der Waals surface area contributed by atoms with Crippen molar-refractivity contribution in [1.29, 1.82) is 0 Å². The van der Waals surface area contributed by atoms with Gasteiger partial charge in [0.15, 0.2) is 0 Å². The molecule has 0 spiro atoms. The summed E-state index contributed by atoms with van der Waals surface area (Å²) in [6.45, 7) is 4.13. The third kappa shape index (κ3) is 3.64. The second-order valence-electron chi connectivity index (χ2n) is 6.50. The zero-order valence-electron chi connectivity index (χ0n) is 14.7. The number of nitrogens with zero attached hydrogens (tertiary/aromatic N) is 6. The number of halogens is 3. The van der Waals surface area contributed by atoms with Crippen molar-refractivity contribution >= 4 is 17.4 Å². The van der Waals surface area contributed by atoms with E-state index < -0.39 is 12.0 Å².